The maximum absolute atomic E-state index is 13.2. The average molecular weight is 569 g/mol. The summed E-state index contributed by atoms with van der Waals surface area (Å²) in [5, 5.41) is 35.4. The molecular formula is C33H28O9. The number of fused-ring (bicyclic) bond motifs is 5. The van der Waals surface area contributed by atoms with Gasteiger partial charge in [-0.3, -0.25) is 0 Å². The maximum Gasteiger partial charge on any atom is 0.342 e. The van der Waals surface area contributed by atoms with Crippen LogP contribution in [0.1, 0.15) is 65.1 Å². The molecule has 2 aliphatic rings. The number of phenolic OH excluding ortho intramolecular Hbond substituents is 2. The van der Waals surface area contributed by atoms with E-state index in [9.17, 15) is 24.9 Å². The number of rotatable bonds is 3. The Morgan fingerprint density at radius 2 is 1.71 bits per heavy atom. The van der Waals surface area contributed by atoms with E-state index in [2.05, 4.69) is 0 Å². The lowest BCUT2D eigenvalue weighted by Crippen LogP contribution is -2.51. The summed E-state index contributed by atoms with van der Waals surface area (Å²) in [7, 11) is 1.28. The van der Waals surface area contributed by atoms with Gasteiger partial charge in [0.2, 0.25) is 0 Å². The lowest BCUT2D eigenvalue weighted by molar-refractivity contribution is -0.0979. The zero-order valence-electron chi connectivity index (χ0n) is 23.3. The van der Waals surface area contributed by atoms with Crippen LogP contribution >= 0.6 is 0 Å². The molecule has 214 valence electrons. The molecule has 1 aromatic heterocycles. The van der Waals surface area contributed by atoms with Gasteiger partial charge in [-0.05, 0) is 39.0 Å². The first-order chi connectivity index (χ1) is 19.9. The van der Waals surface area contributed by atoms with E-state index >= 15 is 0 Å². The van der Waals surface area contributed by atoms with Gasteiger partial charge < -0.3 is 33.9 Å². The van der Waals surface area contributed by atoms with Crippen LogP contribution in [0.15, 0.2) is 59.0 Å². The summed E-state index contributed by atoms with van der Waals surface area (Å²) in [5.74, 6) is -1.34. The minimum absolute atomic E-state index is 0.0117. The zero-order valence-corrected chi connectivity index (χ0v) is 23.3. The van der Waals surface area contributed by atoms with Gasteiger partial charge in [0.1, 0.15) is 40.3 Å². The molecule has 42 heavy (non-hydrogen) atoms. The van der Waals surface area contributed by atoms with Crippen LogP contribution in [0.5, 0.6) is 17.2 Å². The Morgan fingerprint density at radius 1 is 1.00 bits per heavy atom. The van der Waals surface area contributed by atoms with Crippen molar-refractivity contribution >= 4 is 44.5 Å². The molecule has 3 unspecified atom stereocenters. The molecule has 3 atom stereocenters. The highest BCUT2D eigenvalue weighted by molar-refractivity contribution is 6.15. The highest BCUT2D eigenvalue weighted by Gasteiger charge is 2.54. The van der Waals surface area contributed by atoms with Crippen molar-refractivity contribution in [2.24, 2.45) is 0 Å². The monoisotopic (exact) mass is 568 g/mol. The second-order valence-corrected chi connectivity index (χ2v) is 11.8. The zero-order chi connectivity index (χ0) is 29.7. The van der Waals surface area contributed by atoms with E-state index in [0.717, 1.165) is 0 Å². The fraction of sp³-hybridized carbons (Fsp3) is 0.273. The van der Waals surface area contributed by atoms with E-state index in [1.807, 2.05) is 13.0 Å². The molecule has 0 saturated carbocycles. The van der Waals surface area contributed by atoms with Gasteiger partial charge in [-0.1, -0.05) is 36.4 Å². The van der Waals surface area contributed by atoms with Gasteiger partial charge in [-0.25, -0.2) is 9.59 Å². The molecule has 7 rings (SSSR count). The Kier molecular flexibility index (Phi) is 5.37. The molecule has 4 aromatic carbocycles. The highest BCUT2D eigenvalue weighted by atomic mass is 16.6. The summed E-state index contributed by atoms with van der Waals surface area (Å²) < 4.78 is 24.1. The van der Waals surface area contributed by atoms with Crippen LogP contribution < -0.4 is 4.74 Å². The molecule has 2 aliphatic heterocycles. The Bertz CT molecular complexity index is 1980. The topological polar surface area (TPSA) is 136 Å². The van der Waals surface area contributed by atoms with Crippen molar-refractivity contribution in [3.8, 4) is 17.2 Å². The second kappa shape index (κ2) is 8.62. The van der Waals surface area contributed by atoms with Crippen LogP contribution in [0.3, 0.4) is 0 Å². The van der Waals surface area contributed by atoms with Crippen molar-refractivity contribution in [2.75, 3.05) is 7.11 Å². The highest BCUT2D eigenvalue weighted by Crippen LogP contribution is 2.57. The number of carbonyl (C=O) groups excluding carboxylic acids is 2. The van der Waals surface area contributed by atoms with Crippen molar-refractivity contribution in [1.82, 2.24) is 0 Å². The molecule has 0 amide bonds. The molecule has 5 aromatic rings. The van der Waals surface area contributed by atoms with Crippen molar-refractivity contribution < 1.29 is 43.5 Å². The Labute approximate surface area is 239 Å². The van der Waals surface area contributed by atoms with Crippen LogP contribution in [0, 0.1) is 0 Å². The molecule has 9 nitrogen and oxygen atoms in total. The number of aliphatic hydroxyl groups is 1. The van der Waals surface area contributed by atoms with Crippen LogP contribution in [-0.4, -0.2) is 46.1 Å². The van der Waals surface area contributed by atoms with Crippen LogP contribution in [0.2, 0.25) is 0 Å². The van der Waals surface area contributed by atoms with Crippen LogP contribution in [0.4, 0.5) is 0 Å². The third kappa shape index (κ3) is 3.53. The van der Waals surface area contributed by atoms with Gasteiger partial charge in [-0.15, -0.1) is 0 Å². The number of aromatic hydroxyl groups is 2. The van der Waals surface area contributed by atoms with E-state index in [4.69, 9.17) is 18.6 Å². The molecule has 0 bridgehead atoms. The summed E-state index contributed by atoms with van der Waals surface area (Å²) >= 11 is 0. The quantitative estimate of drug-likeness (QED) is 0.223. The van der Waals surface area contributed by atoms with Gasteiger partial charge in [0.05, 0.1) is 18.3 Å². The molecule has 3 heterocycles. The van der Waals surface area contributed by atoms with Gasteiger partial charge in [0.15, 0.2) is 5.60 Å². The van der Waals surface area contributed by atoms with Gasteiger partial charge in [0.25, 0.3) is 0 Å². The first kappa shape index (κ1) is 26.2. The fourth-order valence-corrected chi connectivity index (χ4v) is 6.63. The van der Waals surface area contributed by atoms with Gasteiger partial charge >= 0.3 is 11.9 Å². The lowest BCUT2D eigenvalue weighted by Gasteiger charge is -2.47. The number of hydrogen-bond acceptors (Lipinski definition) is 9. The van der Waals surface area contributed by atoms with Crippen LogP contribution in [-0.2, 0) is 15.1 Å². The molecule has 0 aliphatic carbocycles. The second-order valence-electron chi connectivity index (χ2n) is 11.8. The first-order valence-corrected chi connectivity index (χ1v) is 13.6. The van der Waals surface area contributed by atoms with Crippen LogP contribution in [0.25, 0.3) is 32.5 Å². The van der Waals surface area contributed by atoms with E-state index in [1.165, 1.54) is 13.2 Å². The third-order valence-electron chi connectivity index (χ3n) is 8.55. The molecule has 0 saturated heterocycles. The molecular weight excluding hydrogens is 540 g/mol. The summed E-state index contributed by atoms with van der Waals surface area (Å²) in [4.78, 5) is 26.1. The largest absolute Gasteiger partial charge is 0.507 e. The minimum atomic E-state index is -1.42. The molecule has 3 N–H and O–H groups in total. The Morgan fingerprint density at radius 3 is 2.43 bits per heavy atom. The Balaban J connectivity index is 1.51. The van der Waals surface area contributed by atoms with E-state index < -0.39 is 35.2 Å². The van der Waals surface area contributed by atoms with Gasteiger partial charge in [0, 0.05) is 44.8 Å². The average Bonchev–Trinajstić information content (AvgIpc) is 3.42. The number of methoxy groups -OCH3 is 1. The van der Waals surface area contributed by atoms with E-state index in [0.29, 0.717) is 49.6 Å². The predicted octanol–water partition coefficient (Wildman–Crippen LogP) is 6.03. The normalized spacial score (nSPS) is 21.7. The number of cyclic esters (lactones) is 1. The molecule has 0 spiro atoms. The van der Waals surface area contributed by atoms with Crippen molar-refractivity contribution in [3.63, 3.8) is 0 Å². The maximum atomic E-state index is 13.2. The fourth-order valence-electron chi connectivity index (χ4n) is 6.63. The summed E-state index contributed by atoms with van der Waals surface area (Å²) in [6, 6.07) is 15.4. The number of carbonyl (C=O) groups is 2. The standard InChI is InChI=1S/C33H28O9/c1-32(2,38)29-21-14-33(3,42-28-16-9-6-5-8-15(16)26(35)25(24(21)28)31(37)41-29)23-13-19-20(30(36)39-4)12-18-17(27(19)40-23)10-7-11-22(18)34/h5-13,21,29,34-35,38H,14H2,1-4H3. The van der Waals surface area contributed by atoms with Crippen molar-refractivity contribution in [2.45, 2.75) is 50.4 Å². The number of ether oxygens (including phenoxy) is 3. The van der Waals surface area contributed by atoms with Gasteiger partial charge in [-0.2, -0.15) is 0 Å². The first-order valence-electron chi connectivity index (χ1n) is 13.6. The third-order valence-corrected chi connectivity index (χ3v) is 8.55. The summed E-state index contributed by atoms with van der Waals surface area (Å²) in [6.45, 7) is 4.99. The smallest absolute Gasteiger partial charge is 0.342 e. The predicted molar refractivity (Wildman–Crippen MR) is 153 cm³/mol. The molecule has 0 radical (unpaired) electrons. The molecule has 9 heteroatoms. The number of hydrogen-bond donors (Lipinski definition) is 3. The van der Waals surface area contributed by atoms with Crippen molar-refractivity contribution in [1.29, 1.82) is 0 Å². The Hall–Kier alpha value is -4.76. The van der Waals surface area contributed by atoms with E-state index in [-0.39, 0.29) is 29.0 Å². The summed E-state index contributed by atoms with van der Waals surface area (Å²) in [5.41, 5.74) is -1.50. The molecule has 0 fully saturated rings. The SMILES string of the molecule is COC(=O)c1cc2c(O)cccc2c2oc(C3(C)CC4c5c(c(O)c6ccccc6c5O3)C(=O)OC4C(C)(C)O)cc12. The number of benzene rings is 4. The number of phenols is 2. The lowest BCUT2D eigenvalue weighted by atomic mass is 9.71. The van der Waals surface area contributed by atoms with Crippen molar-refractivity contribution in [3.05, 3.63) is 77.0 Å². The number of furan rings is 1. The van der Waals surface area contributed by atoms with E-state index in [1.54, 1.807) is 56.3 Å². The summed E-state index contributed by atoms with van der Waals surface area (Å²) in [6.07, 6.45) is -0.740. The minimum Gasteiger partial charge on any atom is -0.507 e. The number of esters is 2.